The Morgan fingerprint density at radius 3 is 2.89 bits per heavy atom. The van der Waals surface area contributed by atoms with Gasteiger partial charge in [-0.3, -0.25) is 0 Å². The van der Waals surface area contributed by atoms with Gasteiger partial charge in [0.25, 0.3) is 0 Å². The van der Waals surface area contributed by atoms with Crippen molar-refractivity contribution >= 4 is 28.5 Å². The number of benzene rings is 1. The third-order valence-electron chi connectivity index (χ3n) is 3.08. The first-order chi connectivity index (χ1) is 8.54. The highest BCUT2D eigenvalue weighted by Gasteiger charge is 2.26. The first-order valence-electron chi connectivity index (χ1n) is 5.57. The maximum atomic E-state index is 11.3. The first kappa shape index (κ1) is 12.9. The van der Waals surface area contributed by atoms with Crippen molar-refractivity contribution < 1.29 is 14.6 Å². The van der Waals surface area contributed by atoms with Crippen molar-refractivity contribution in [2.24, 2.45) is 0 Å². The summed E-state index contributed by atoms with van der Waals surface area (Å²) in [5, 5.41) is 11.4. The molecule has 1 aromatic heterocycles. The van der Waals surface area contributed by atoms with Crippen molar-refractivity contribution in [3.8, 4) is 0 Å². The number of esters is 1. The van der Waals surface area contributed by atoms with Crippen LogP contribution in [-0.2, 0) is 9.53 Å². The number of nitrogens with one attached hydrogen (secondary N) is 1. The van der Waals surface area contributed by atoms with Gasteiger partial charge in [-0.05, 0) is 23.8 Å². The number of ether oxygens (including phenoxy) is 1. The fourth-order valence-electron chi connectivity index (χ4n) is 1.99. The lowest BCUT2D eigenvalue weighted by atomic mass is 9.95. The summed E-state index contributed by atoms with van der Waals surface area (Å²) in [6, 6.07) is 5.45. The molecule has 0 spiro atoms. The summed E-state index contributed by atoms with van der Waals surface area (Å²) in [4.78, 5) is 14.4. The fourth-order valence-corrected chi connectivity index (χ4v) is 2.16. The van der Waals surface area contributed by atoms with E-state index in [-0.39, 0.29) is 5.92 Å². The maximum absolute atomic E-state index is 11.3. The Hall–Kier alpha value is -1.52. The molecule has 0 aliphatic heterocycles. The van der Waals surface area contributed by atoms with Crippen molar-refractivity contribution in [3.63, 3.8) is 0 Å². The van der Waals surface area contributed by atoms with Crippen molar-refractivity contribution in [2.75, 3.05) is 7.11 Å². The molecular formula is C13H14ClNO3. The average Bonchev–Trinajstić information content (AvgIpc) is 2.78. The lowest BCUT2D eigenvalue weighted by Crippen LogP contribution is -2.27. The molecule has 5 heteroatoms. The molecule has 2 N–H and O–H groups in total. The third-order valence-corrected chi connectivity index (χ3v) is 3.32. The second-order valence-corrected chi connectivity index (χ2v) is 4.63. The van der Waals surface area contributed by atoms with E-state index in [0.717, 1.165) is 16.5 Å². The van der Waals surface area contributed by atoms with Gasteiger partial charge in [0, 0.05) is 28.0 Å². The Labute approximate surface area is 110 Å². The minimum Gasteiger partial charge on any atom is -0.467 e. The van der Waals surface area contributed by atoms with Crippen LogP contribution in [-0.4, -0.2) is 29.3 Å². The van der Waals surface area contributed by atoms with Crippen LogP contribution >= 0.6 is 11.6 Å². The SMILES string of the molecule is COC(=O)C(O)C(C)c1c[nH]c2ccc(Cl)cc12. The largest absolute Gasteiger partial charge is 0.467 e. The zero-order valence-corrected chi connectivity index (χ0v) is 10.9. The summed E-state index contributed by atoms with van der Waals surface area (Å²) in [7, 11) is 1.25. The Kier molecular flexibility index (Phi) is 3.59. The smallest absolute Gasteiger partial charge is 0.335 e. The number of aromatic nitrogens is 1. The molecule has 2 aromatic rings. The molecule has 18 heavy (non-hydrogen) atoms. The molecule has 0 bridgehead atoms. The van der Waals surface area contributed by atoms with Gasteiger partial charge < -0.3 is 14.8 Å². The Bertz CT molecular complexity index is 579. The second-order valence-electron chi connectivity index (χ2n) is 4.19. The topological polar surface area (TPSA) is 62.3 Å². The number of carbonyl (C=O) groups is 1. The molecule has 1 heterocycles. The summed E-state index contributed by atoms with van der Waals surface area (Å²) in [6.07, 6.45) is 0.589. The van der Waals surface area contributed by atoms with Gasteiger partial charge in [-0.15, -0.1) is 0 Å². The van der Waals surface area contributed by atoms with E-state index in [4.69, 9.17) is 11.6 Å². The number of fused-ring (bicyclic) bond motifs is 1. The number of aromatic amines is 1. The zero-order valence-electron chi connectivity index (χ0n) is 10.1. The van der Waals surface area contributed by atoms with Gasteiger partial charge in [0.1, 0.15) is 0 Å². The van der Waals surface area contributed by atoms with Gasteiger partial charge in [0.15, 0.2) is 6.10 Å². The van der Waals surface area contributed by atoms with Crippen LogP contribution in [0.15, 0.2) is 24.4 Å². The van der Waals surface area contributed by atoms with Crippen LogP contribution < -0.4 is 0 Å². The number of rotatable bonds is 3. The van der Waals surface area contributed by atoms with E-state index in [9.17, 15) is 9.90 Å². The predicted molar refractivity (Wildman–Crippen MR) is 69.7 cm³/mol. The number of H-pyrrole nitrogens is 1. The average molecular weight is 268 g/mol. The van der Waals surface area contributed by atoms with E-state index < -0.39 is 12.1 Å². The first-order valence-corrected chi connectivity index (χ1v) is 5.95. The van der Waals surface area contributed by atoms with Gasteiger partial charge in [0.05, 0.1) is 7.11 Å². The summed E-state index contributed by atoms with van der Waals surface area (Å²) < 4.78 is 4.54. The number of hydrogen-bond acceptors (Lipinski definition) is 3. The van der Waals surface area contributed by atoms with E-state index in [1.807, 2.05) is 12.1 Å². The lowest BCUT2D eigenvalue weighted by molar-refractivity contribution is -0.151. The Morgan fingerprint density at radius 1 is 1.50 bits per heavy atom. The van der Waals surface area contributed by atoms with Crippen molar-refractivity contribution in [1.82, 2.24) is 4.98 Å². The summed E-state index contributed by atoms with van der Waals surface area (Å²) in [5.74, 6) is -1.01. The van der Waals surface area contributed by atoms with Gasteiger partial charge >= 0.3 is 5.97 Å². The van der Waals surface area contributed by atoms with E-state index in [1.165, 1.54) is 7.11 Å². The van der Waals surface area contributed by atoms with Gasteiger partial charge in [-0.2, -0.15) is 0 Å². The van der Waals surface area contributed by atoms with E-state index in [1.54, 1.807) is 19.2 Å². The van der Waals surface area contributed by atoms with E-state index in [2.05, 4.69) is 9.72 Å². The molecule has 0 amide bonds. The number of halogens is 1. The molecule has 4 nitrogen and oxygen atoms in total. The lowest BCUT2D eigenvalue weighted by Gasteiger charge is -2.16. The van der Waals surface area contributed by atoms with Gasteiger partial charge in [-0.25, -0.2) is 4.79 Å². The van der Waals surface area contributed by atoms with E-state index in [0.29, 0.717) is 5.02 Å². The van der Waals surface area contributed by atoms with Crippen LogP contribution in [0.2, 0.25) is 5.02 Å². The zero-order chi connectivity index (χ0) is 13.3. The monoisotopic (exact) mass is 267 g/mol. The molecular weight excluding hydrogens is 254 g/mol. The Morgan fingerprint density at radius 2 is 2.22 bits per heavy atom. The molecule has 2 atom stereocenters. The quantitative estimate of drug-likeness (QED) is 0.840. The van der Waals surface area contributed by atoms with Crippen LogP contribution in [0, 0.1) is 0 Å². The summed E-state index contributed by atoms with van der Waals surface area (Å²) in [6.45, 7) is 1.77. The molecule has 0 aliphatic rings. The molecule has 96 valence electrons. The minimum atomic E-state index is -1.19. The fraction of sp³-hybridized carbons (Fsp3) is 0.308. The number of aliphatic hydroxyl groups excluding tert-OH is 1. The molecule has 0 saturated carbocycles. The van der Waals surface area contributed by atoms with E-state index >= 15 is 0 Å². The molecule has 2 unspecified atom stereocenters. The third kappa shape index (κ3) is 2.21. The second kappa shape index (κ2) is 5.00. The van der Waals surface area contributed by atoms with Crippen LogP contribution in [0.1, 0.15) is 18.4 Å². The number of hydrogen-bond donors (Lipinski definition) is 2. The Balaban J connectivity index is 2.41. The van der Waals surface area contributed by atoms with Crippen molar-refractivity contribution in [3.05, 3.63) is 35.0 Å². The maximum Gasteiger partial charge on any atom is 0.335 e. The minimum absolute atomic E-state index is 0.371. The molecule has 1 aromatic carbocycles. The molecule has 0 saturated heterocycles. The molecule has 2 rings (SSSR count). The molecule has 0 aliphatic carbocycles. The number of methoxy groups -OCH3 is 1. The standard InChI is InChI=1S/C13H14ClNO3/c1-7(12(16)13(17)18-2)10-6-15-11-4-3-8(14)5-9(10)11/h3-7,12,15-16H,1-2H3. The number of carbonyl (C=O) groups excluding carboxylic acids is 1. The van der Waals surface area contributed by atoms with Crippen LogP contribution in [0.3, 0.4) is 0 Å². The summed E-state index contributed by atoms with van der Waals surface area (Å²) in [5.41, 5.74) is 1.75. The highest BCUT2D eigenvalue weighted by molar-refractivity contribution is 6.31. The van der Waals surface area contributed by atoms with Crippen LogP contribution in [0.25, 0.3) is 10.9 Å². The number of aliphatic hydroxyl groups is 1. The highest BCUT2D eigenvalue weighted by Crippen LogP contribution is 2.29. The van der Waals surface area contributed by atoms with Gasteiger partial charge in [-0.1, -0.05) is 18.5 Å². The molecule has 0 radical (unpaired) electrons. The van der Waals surface area contributed by atoms with Crippen LogP contribution in [0.4, 0.5) is 0 Å². The molecule has 0 fully saturated rings. The van der Waals surface area contributed by atoms with Crippen molar-refractivity contribution in [1.29, 1.82) is 0 Å². The van der Waals surface area contributed by atoms with Gasteiger partial charge in [0.2, 0.25) is 0 Å². The van der Waals surface area contributed by atoms with Crippen LogP contribution in [0.5, 0.6) is 0 Å². The summed E-state index contributed by atoms with van der Waals surface area (Å²) >= 11 is 5.95. The highest BCUT2D eigenvalue weighted by atomic mass is 35.5. The predicted octanol–water partition coefficient (Wildman–Crippen LogP) is 2.46. The normalized spacial score (nSPS) is 14.4. The van der Waals surface area contributed by atoms with Crippen molar-refractivity contribution in [2.45, 2.75) is 18.9 Å².